The van der Waals surface area contributed by atoms with Gasteiger partial charge in [-0.2, -0.15) is 0 Å². The number of aliphatic hydroxyl groups is 1. The third-order valence-electron chi connectivity index (χ3n) is 3.12. The lowest BCUT2D eigenvalue weighted by Gasteiger charge is -2.16. The van der Waals surface area contributed by atoms with Gasteiger partial charge >= 0.3 is 0 Å². The number of benzene rings is 2. The van der Waals surface area contributed by atoms with E-state index in [1.165, 1.54) is 5.56 Å². The number of hydrogen-bond acceptors (Lipinski definition) is 2. The maximum absolute atomic E-state index is 9.47. The zero-order valence-electron chi connectivity index (χ0n) is 11.0. The van der Waals surface area contributed by atoms with Crippen LogP contribution in [0.25, 0.3) is 0 Å². The van der Waals surface area contributed by atoms with E-state index >= 15 is 0 Å². The van der Waals surface area contributed by atoms with E-state index in [1.807, 2.05) is 36.4 Å². The van der Waals surface area contributed by atoms with E-state index in [9.17, 15) is 5.11 Å². The zero-order chi connectivity index (χ0) is 14.4. The minimum Gasteiger partial charge on any atom is -0.395 e. The molecule has 0 spiro atoms. The van der Waals surface area contributed by atoms with Crippen LogP contribution in [0.1, 0.15) is 11.1 Å². The van der Waals surface area contributed by atoms with Crippen LogP contribution in [0.3, 0.4) is 0 Å². The number of rotatable bonds is 6. The summed E-state index contributed by atoms with van der Waals surface area (Å²) in [5.41, 5.74) is 2.32. The molecule has 0 aromatic heterocycles. The quantitative estimate of drug-likeness (QED) is 0.827. The van der Waals surface area contributed by atoms with Crippen LogP contribution in [-0.2, 0) is 13.0 Å². The third-order valence-corrected chi connectivity index (χ3v) is 4.36. The molecule has 0 aliphatic carbocycles. The SMILES string of the molecule is OC[C@@H](Cc1ccccc1)NCc1ccc(Br)c(Cl)c1. The first-order valence-corrected chi connectivity index (χ1v) is 7.68. The molecule has 0 aliphatic heterocycles. The first-order chi connectivity index (χ1) is 9.69. The van der Waals surface area contributed by atoms with Crippen molar-refractivity contribution in [2.45, 2.75) is 19.0 Å². The molecule has 0 aliphatic rings. The van der Waals surface area contributed by atoms with E-state index in [0.29, 0.717) is 11.6 Å². The molecule has 2 nitrogen and oxygen atoms in total. The molecular weight excluding hydrogens is 338 g/mol. The molecule has 20 heavy (non-hydrogen) atoms. The van der Waals surface area contributed by atoms with Crippen LogP contribution in [-0.4, -0.2) is 17.8 Å². The van der Waals surface area contributed by atoms with Gasteiger partial charge in [0.1, 0.15) is 0 Å². The fourth-order valence-electron chi connectivity index (χ4n) is 2.01. The molecule has 2 N–H and O–H groups in total. The van der Waals surface area contributed by atoms with Gasteiger partial charge in [0.05, 0.1) is 11.6 Å². The summed E-state index contributed by atoms with van der Waals surface area (Å²) in [4.78, 5) is 0. The Balaban J connectivity index is 1.92. The minimum atomic E-state index is 0.0415. The van der Waals surface area contributed by atoms with Gasteiger partial charge in [-0.3, -0.25) is 0 Å². The molecular formula is C16H17BrClNO. The minimum absolute atomic E-state index is 0.0415. The van der Waals surface area contributed by atoms with Gasteiger partial charge in [-0.25, -0.2) is 0 Å². The average molecular weight is 355 g/mol. The maximum Gasteiger partial charge on any atom is 0.0587 e. The third kappa shape index (κ3) is 4.60. The van der Waals surface area contributed by atoms with Crippen molar-refractivity contribution in [1.29, 1.82) is 0 Å². The summed E-state index contributed by atoms with van der Waals surface area (Å²) in [5, 5.41) is 13.5. The Morgan fingerprint density at radius 3 is 2.50 bits per heavy atom. The largest absolute Gasteiger partial charge is 0.395 e. The van der Waals surface area contributed by atoms with E-state index in [0.717, 1.165) is 16.5 Å². The Bertz CT molecular complexity index is 547. The Labute approximate surface area is 132 Å². The van der Waals surface area contributed by atoms with Gasteiger partial charge in [0, 0.05) is 17.1 Å². The predicted octanol–water partition coefficient (Wildman–Crippen LogP) is 3.80. The molecule has 0 unspecified atom stereocenters. The Morgan fingerprint density at radius 2 is 1.85 bits per heavy atom. The predicted molar refractivity (Wildman–Crippen MR) is 87.0 cm³/mol. The summed E-state index contributed by atoms with van der Waals surface area (Å²) in [6.45, 7) is 0.796. The van der Waals surface area contributed by atoms with Gasteiger partial charge in [0.25, 0.3) is 0 Å². The molecule has 106 valence electrons. The second kappa shape index (κ2) is 7.79. The lowest BCUT2D eigenvalue weighted by Crippen LogP contribution is -2.34. The molecule has 2 rings (SSSR count). The van der Waals surface area contributed by atoms with Gasteiger partial charge in [-0.05, 0) is 45.6 Å². The van der Waals surface area contributed by atoms with Crippen molar-refractivity contribution in [2.24, 2.45) is 0 Å². The van der Waals surface area contributed by atoms with Crippen LogP contribution in [0.4, 0.5) is 0 Å². The van der Waals surface area contributed by atoms with Crippen LogP contribution in [0.5, 0.6) is 0 Å². The van der Waals surface area contributed by atoms with Crippen LogP contribution in [0, 0.1) is 0 Å². The van der Waals surface area contributed by atoms with Gasteiger partial charge in [-0.15, -0.1) is 0 Å². The van der Waals surface area contributed by atoms with Crippen molar-refractivity contribution in [3.05, 3.63) is 69.2 Å². The number of aliphatic hydroxyl groups excluding tert-OH is 1. The molecule has 0 saturated heterocycles. The lowest BCUT2D eigenvalue weighted by molar-refractivity contribution is 0.241. The molecule has 0 radical (unpaired) electrons. The first-order valence-electron chi connectivity index (χ1n) is 6.51. The Kier molecular flexibility index (Phi) is 6.05. The fraction of sp³-hybridized carbons (Fsp3) is 0.250. The normalized spacial score (nSPS) is 12.3. The highest BCUT2D eigenvalue weighted by molar-refractivity contribution is 9.10. The lowest BCUT2D eigenvalue weighted by atomic mass is 10.1. The zero-order valence-corrected chi connectivity index (χ0v) is 13.4. The molecule has 0 amide bonds. The van der Waals surface area contributed by atoms with Crippen molar-refractivity contribution in [3.8, 4) is 0 Å². The molecule has 0 fully saturated rings. The summed E-state index contributed by atoms with van der Waals surface area (Å²) in [7, 11) is 0. The molecule has 0 bridgehead atoms. The van der Waals surface area contributed by atoms with E-state index in [2.05, 4.69) is 33.4 Å². The van der Waals surface area contributed by atoms with Crippen molar-refractivity contribution < 1.29 is 5.11 Å². The highest BCUT2D eigenvalue weighted by atomic mass is 79.9. The van der Waals surface area contributed by atoms with Crippen molar-refractivity contribution in [2.75, 3.05) is 6.61 Å². The van der Waals surface area contributed by atoms with Crippen LogP contribution >= 0.6 is 27.5 Å². The Hall–Kier alpha value is -0.870. The topological polar surface area (TPSA) is 32.3 Å². The van der Waals surface area contributed by atoms with E-state index < -0.39 is 0 Å². The summed E-state index contributed by atoms with van der Waals surface area (Å²) < 4.78 is 0.894. The molecule has 0 heterocycles. The van der Waals surface area contributed by atoms with Crippen LogP contribution in [0.2, 0.25) is 5.02 Å². The van der Waals surface area contributed by atoms with E-state index in [-0.39, 0.29) is 12.6 Å². The molecule has 0 saturated carbocycles. The summed E-state index contributed by atoms with van der Waals surface area (Å²) >= 11 is 9.44. The van der Waals surface area contributed by atoms with E-state index in [4.69, 9.17) is 11.6 Å². The van der Waals surface area contributed by atoms with Gasteiger partial charge in [-0.1, -0.05) is 48.0 Å². The van der Waals surface area contributed by atoms with Crippen molar-refractivity contribution in [3.63, 3.8) is 0 Å². The molecule has 4 heteroatoms. The van der Waals surface area contributed by atoms with Crippen molar-refractivity contribution in [1.82, 2.24) is 5.32 Å². The van der Waals surface area contributed by atoms with Crippen molar-refractivity contribution >= 4 is 27.5 Å². The first kappa shape index (κ1) is 15.5. The second-order valence-corrected chi connectivity index (χ2v) is 5.96. The monoisotopic (exact) mass is 353 g/mol. The average Bonchev–Trinajstić information content (AvgIpc) is 2.48. The smallest absolute Gasteiger partial charge is 0.0587 e. The number of halogens is 2. The van der Waals surface area contributed by atoms with Gasteiger partial charge in [0.2, 0.25) is 0 Å². The highest BCUT2D eigenvalue weighted by Crippen LogP contribution is 2.23. The van der Waals surface area contributed by atoms with Crippen LogP contribution in [0.15, 0.2) is 53.0 Å². The second-order valence-electron chi connectivity index (χ2n) is 4.70. The highest BCUT2D eigenvalue weighted by Gasteiger charge is 2.08. The fourth-order valence-corrected chi connectivity index (χ4v) is 2.46. The number of nitrogens with one attached hydrogen (secondary N) is 1. The standard InChI is InChI=1S/C16H17BrClNO/c17-15-7-6-13(9-16(15)18)10-19-14(11-20)8-12-4-2-1-3-5-12/h1-7,9,14,19-20H,8,10-11H2/t14-/m1/s1. The molecule has 2 aromatic rings. The number of hydrogen-bond donors (Lipinski definition) is 2. The Morgan fingerprint density at radius 1 is 1.10 bits per heavy atom. The van der Waals surface area contributed by atoms with Gasteiger partial charge in [0.15, 0.2) is 0 Å². The van der Waals surface area contributed by atoms with Crippen LogP contribution < -0.4 is 5.32 Å². The van der Waals surface area contributed by atoms with Gasteiger partial charge < -0.3 is 10.4 Å². The molecule has 1 atom stereocenters. The van der Waals surface area contributed by atoms with E-state index in [1.54, 1.807) is 0 Å². The summed E-state index contributed by atoms with van der Waals surface area (Å²) in [6.07, 6.45) is 0.807. The summed E-state index contributed by atoms with van der Waals surface area (Å²) in [6, 6.07) is 16.1. The summed E-state index contributed by atoms with van der Waals surface area (Å²) in [5.74, 6) is 0. The maximum atomic E-state index is 9.47. The molecule has 2 aromatic carbocycles.